The molecule has 1 aliphatic heterocycles. The summed E-state index contributed by atoms with van der Waals surface area (Å²) in [5.41, 5.74) is 7.35. The van der Waals surface area contributed by atoms with Crippen molar-refractivity contribution in [2.24, 2.45) is 5.73 Å². The molecule has 0 atom stereocenters. The maximum absolute atomic E-state index is 11.4. The number of aromatic amines is 1. The molecule has 1 aliphatic rings. The van der Waals surface area contributed by atoms with Crippen LogP contribution in [0.25, 0.3) is 6.08 Å². The third kappa shape index (κ3) is 3.12. The normalized spacial score (nSPS) is 20.9. The van der Waals surface area contributed by atoms with E-state index >= 15 is 0 Å². The number of nitrogens with two attached hydrogens (primary N) is 1. The zero-order valence-corrected chi connectivity index (χ0v) is 13.3. The third-order valence-corrected chi connectivity index (χ3v) is 4.26. The summed E-state index contributed by atoms with van der Waals surface area (Å²) in [6.07, 6.45) is 3.57. The molecular formula is C15H23BN2O3. The van der Waals surface area contributed by atoms with E-state index in [-0.39, 0.29) is 5.56 Å². The molecule has 1 saturated heterocycles. The predicted molar refractivity (Wildman–Crippen MR) is 84.9 cm³/mol. The first-order valence-corrected chi connectivity index (χ1v) is 7.12. The second-order valence-electron chi connectivity index (χ2n) is 6.46. The molecule has 5 nitrogen and oxygen atoms in total. The van der Waals surface area contributed by atoms with Crippen LogP contribution in [0.15, 0.2) is 22.5 Å². The van der Waals surface area contributed by atoms with E-state index in [0.29, 0.717) is 12.1 Å². The van der Waals surface area contributed by atoms with Crippen molar-refractivity contribution in [3.63, 3.8) is 0 Å². The number of pyridine rings is 1. The molecule has 3 N–H and O–H groups in total. The van der Waals surface area contributed by atoms with Crippen LogP contribution in [0.4, 0.5) is 0 Å². The highest BCUT2D eigenvalue weighted by molar-refractivity contribution is 6.55. The van der Waals surface area contributed by atoms with Gasteiger partial charge in [0.05, 0.1) is 11.2 Å². The van der Waals surface area contributed by atoms with Gasteiger partial charge in [0.2, 0.25) is 0 Å². The fourth-order valence-electron chi connectivity index (χ4n) is 2.13. The molecule has 2 heterocycles. The number of hydrogen-bond acceptors (Lipinski definition) is 4. The fraction of sp³-hybridized carbons (Fsp3) is 0.533. The van der Waals surface area contributed by atoms with Crippen molar-refractivity contribution in [1.82, 2.24) is 4.98 Å². The number of nitrogens with one attached hydrogen (secondary N) is 1. The van der Waals surface area contributed by atoms with Gasteiger partial charge in [0.1, 0.15) is 0 Å². The van der Waals surface area contributed by atoms with Crippen molar-refractivity contribution in [2.75, 3.05) is 6.54 Å². The Kier molecular flexibility index (Phi) is 4.15. The summed E-state index contributed by atoms with van der Waals surface area (Å²) < 4.78 is 12.0. The van der Waals surface area contributed by atoms with Crippen LogP contribution in [0.5, 0.6) is 0 Å². The van der Waals surface area contributed by atoms with Gasteiger partial charge >= 0.3 is 7.12 Å². The average molecular weight is 290 g/mol. The van der Waals surface area contributed by atoms with Crippen molar-refractivity contribution in [3.05, 3.63) is 39.2 Å². The van der Waals surface area contributed by atoms with Crippen LogP contribution < -0.4 is 11.3 Å². The summed E-state index contributed by atoms with van der Waals surface area (Å²) in [6, 6.07) is 1.82. The van der Waals surface area contributed by atoms with Gasteiger partial charge in [-0.3, -0.25) is 4.79 Å². The Morgan fingerprint density at radius 2 is 1.90 bits per heavy atom. The molecule has 0 aromatic carbocycles. The van der Waals surface area contributed by atoms with E-state index in [1.807, 2.05) is 39.8 Å². The SMILES string of the molecule is Cc1cc(C=C(CN)B2OC(C)(C)C(C)(C)O2)c[nH]c1=O. The van der Waals surface area contributed by atoms with Crippen molar-refractivity contribution >= 4 is 13.2 Å². The van der Waals surface area contributed by atoms with Crippen molar-refractivity contribution in [1.29, 1.82) is 0 Å². The summed E-state index contributed by atoms with van der Waals surface area (Å²) in [6.45, 7) is 10.1. The summed E-state index contributed by atoms with van der Waals surface area (Å²) in [7, 11) is -0.466. The molecule has 1 aromatic rings. The molecule has 6 heteroatoms. The second kappa shape index (κ2) is 5.44. The first-order chi connectivity index (χ1) is 9.66. The Labute approximate surface area is 125 Å². The number of hydrogen-bond donors (Lipinski definition) is 2. The zero-order chi connectivity index (χ0) is 15.8. The smallest absolute Gasteiger partial charge is 0.400 e. The molecule has 1 fully saturated rings. The quantitative estimate of drug-likeness (QED) is 0.830. The van der Waals surface area contributed by atoms with E-state index in [9.17, 15) is 4.79 Å². The number of H-pyrrole nitrogens is 1. The topological polar surface area (TPSA) is 77.3 Å². The van der Waals surface area contributed by atoms with Gasteiger partial charge in [-0.15, -0.1) is 0 Å². The maximum Gasteiger partial charge on any atom is 0.491 e. The van der Waals surface area contributed by atoms with Gasteiger partial charge in [-0.1, -0.05) is 6.08 Å². The van der Waals surface area contributed by atoms with Gasteiger partial charge in [0.15, 0.2) is 0 Å². The minimum absolute atomic E-state index is 0.0860. The molecule has 1 aromatic heterocycles. The minimum Gasteiger partial charge on any atom is -0.400 e. The van der Waals surface area contributed by atoms with E-state index < -0.39 is 18.3 Å². The number of aromatic nitrogens is 1. The molecule has 0 spiro atoms. The monoisotopic (exact) mass is 290 g/mol. The highest BCUT2D eigenvalue weighted by Crippen LogP contribution is 2.38. The summed E-state index contributed by atoms with van der Waals surface area (Å²) in [4.78, 5) is 14.1. The van der Waals surface area contributed by atoms with E-state index in [4.69, 9.17) is 15.0 Å². The first kappa shape index (κ1) is 16.0. The van der Waals surface area contributed by atoms with Crippen LogP contribution in [0.3, 0.4) is 0 Å². The van der Waals surface area contributed by atoms with Gasteiger partial charge in [0, 0.05) is 18.3 Å². The highest BCUT2D eigenvalue weighted by Gasteiger charge is 2.52. The lowest BCUT2D eigenvalue weighted by Crippen LogP contribution is -2.41. The van der Waals surface area contributed by atoms with Gasteiger partial charge < -0.3 is 20.0 Å². The Hall–Kier alpha value is -1.37. The van der Waals surface area contributed by atoms with Crippen LogP contribution in [0.2, 0.25) is 0 Å². The number of aryl methyl sites for hydroxylation is 1. The van der Waals surface area contributed by atoms with Gasteiger partial charge in [-0.2, -0.15) is 0 Å². The molecular weight excluding hydrogens is 267 g/mol. The van der Waals surface area contributed by atoms with Gasteiger partial charge in [-0.05, 0) is 51.7 Å². The lowest BCUT2D eigenvalue weighted by molar-refractivity contribution is 0.00578. The van der Waals surface area contributed by atoms with Crippen molar-refractivity contribution in [3.8, 4) is 0 Å². The van der Waals surface area contributed by atoms with E-state index in [1.165, 1.54) is 0 Å². The zero-order valence-electron chi connectivity index (χ0n) is 13.3. The molecule has 0 aliphatic carbocycles. The highest BCUT2D eigenvalue weighted by atomic mass is 16.7. The standard InChI is InChI=1S/C15H23BN2O3/c1-10-6-11(9-18-13(10)19)7-12(8-17)16-20-14(2,3)15(4,5)21-16/h6-7,9H,8,17H2,1-5H3,(H,18,19). The largest absolute Gasteiger partial charge is 0.491 e. The van der Waals surface area contributed by atoms with Gasteiger partial charge in [0.25, 0.3) is 5.56 Å². The summed E-state index contributed by atoms with van der Waals surface area (Å²) in [5, 5.41) is 0. The van der Waals surface area contributed by atoms with E-state index in [1.54, 1.807) is 13.1 Å². The van der Waals surface area contributed by atoms with Crippen molar-refractivity contribution in [2.45, 2.75) is 45.8 Å². The molecule has 0 radical (unpaired) electrons. The van der Waals surface area contributed by atoms with E-state index in [0.717, 1.165) is 11.0 Å². The predicted octanol–water partition coefficient (Wildman–Crippen LogP) is 1.66. The van der Waals surface area contributed by atoms with Crippen LogP contribution >= 0.6 is 0 Å². The Morgan fingerprint density at radius 1 is 1.33 bits per heavy atom. The molecule has 21 heavy (non-hydrogen) atoms. The summed E-state index contributed by atoms with van der Waals surface area (Å²) in [5.74, 6) is 0. The fourth-order valence-corrected chi connectivity index (χ4v) is 2.13. The Morgan fingerprint density at radius 3 is 2.38 bits per heavy atom. The van der Waals surface area contributed by atoms with Gasteiger partial charge in [-0.25, -0.2) is 0 Å². The Balaban J connectivity index is 2.30. The van der Waals surface area contributed by atoms with E-state index in [2.05, 4.69) is 4.98 Å². The molecule has 0 amide bonds. The lowest BCUT2D eigenvalue weighted by Gasteiger charge is -2.32. The van der Waals surface area contributed by atoms with Crippen LogP contribution in [-0.2, 0) is 9.31 Å². The second-order valence-corrected chi connectivity index (χ2v) is 6.46. The molecule has 0 unspecified atom stereocenters. The number of rotatable bonds is 3. The minimum atomic E-state index is -0.466. The van der Waals surface area contributed by atoms with Crippen molar-refractivity contribution < 1.29 is 9.31 Å². The van der Waals surface area contributed by atoms with Crippen LogP contribution in [0, 0.1) is 6.92 Å². The Bertz CT molecular complexity index is 604. The molecule has 0 bridgehead atoms. The first-order valence-electron chi connectivity index (χ1n) is 7.12. The lowest BCUT2D eigenvalue weighted by atomic mass is 9.77. The molecule has 0 saturated carbocycles. The van der Waals surface area contributed by atoms with Crippen LogP contribution in [0.1, 0.15) is 38.8 Å². The average Bonchev–Trinajstić information content (AvgIpc) is 2.59. The molecule has 2 rings (SSSR count). The molecule has 114 valence electrons. The van der Waals surface area contributed by atoms with Crippen LogP contribution in [-0.4, -0.2) is 29.8 Å². The maximum atomic E-state index is 11.4. The summed E-state index contributed by atoms with van der Waals surface area (Å²) >= 11 is 0. The third-order valence-electron chi connectivity index (χ3n) is 4.26.